The van der Waals surface area contributed by atoms with Crippen LogP contribution in [-0.4, -0.2) is 5.78 Å². The second-order valence-corrected chi connectivity index (χ2v) is 4.28. The molecular weight excluding hydrogens is 148 g/mol. The van der Waals surface area contributed by atoms with Crippen LogP contribution in [0.3, 0.4) is 0 Å². The minimum atomic E-state index is 0.438. The third-order valence-corrected chi connectivity index (χ3v) is 3.47. The second-order valence-electron chi connectivity index (χ2n) is 4.28. The Labute approximate surface area is 73.8 Å². The second kappa shape index (κ2) is 2.72. The quantitative estimate of drug-likeness (QED) is 0.538. The molecule has 12 heavy (non-hydrogen) atoms. The van der Waals surface area contributed by atoms with Crippen molar-refractivity contribution in [3.63, 3.8) is 0 Å². The first-order valence-corrected chi connectivity index (χ1v) is 4.93. The first-order valence-electron chi connectivity index (χ1n) is 4.93. The minimum absolute atomic E-state index is 0.438. The summed E-state index contributed by atoms with van der Waals surface area (Å²) < 4.78 is 0. The van der Waals surface area contributed by atoms with Crippen molar-refractivity contribution in [2.45, 2.75) is 39.5 Å². The summed E-state index contributed by atoms with van der Waals surface area (Å²) in [5, 5.41) is 0. The van der Waals surface area contributed by atoms with E-state index in [1.807, 2.05) is 0 Å². The highest BCUT2D eigenvalue weighted by molar-refractivity contribution is 5.97. The molecule has 0 saturated heterocycles. The molecule has 1 fully saturated rings. The molecule has 0 N–H and O–H groups in total. The van der Waals surface area contributed by atoms with Crippen LogP contribution in [0, 0.1) is 11.8 Å². The molecule has 0 radical (unpaired) electrons. The third-order valence-electron chi connectivity index (χ3n) is 3.47. The summed E-state index contributed by atoms with van der Waals surface area (Å²) in [6, 6.07) is 0. The van der Waals surface area contributed by atoms with Gasteiger partial charge in [0.2, 0.25) is 0 Å². The topological polar surface area (TPSA) is 17.1 Å². The molecule has 0 aromatic rings. The minimum Gasteiger partial charge on any atom is -0.295 e. The van der Waals surface area contributed by atoms with Gasteiger partial charge in [-0.05, 0) is 43.6 Å². The van der Waals surface area contributed by atoms with Crippen molar-refractivity contribution in [2.75, 3.05) is 0 Å². The Morgan fingerprint density at radius 3 is 2.67 bits per heavy atom. The van der Waals surface area contributed by atoms with Gasteiger partial charge in [-0.15, -0.1) is 0 Å². The van der Waals surface area contributed by atoms with E-state index in [9.17, 15) is 4.79 Å². The van der Waals surface area contributed by atoms with Gasteiger partial charge in [-0.1, -0.05) is 12.5 Å². The molecule has 0 bridgehead atoms. The van der Waals surface area contributed by atoms with Crippen molar-refractivity contribution in [3.8, 4) is 0 Å². The first-order chi connectivity index (χ1) is 5.70. The number of hydrogen-bond donors (Lipinski definition) is 0. The SMILES string of the molecule is CC1=C2C(=O)CC[C@@H](C)[C@H]2CC1. The fourth-order valence-corrected chi connectivity index (χ4v) is 2.68. The van der Waals surface area contributed by atoms with E-state index in [-0.39, 0.29) is 0 Å². The Balaban J connectivity index is 2.33. The van der Waals surface area contributed by atoms with Crippen LogP contribution >= 0.6 is 0 Å². The number of ketones is 1. The molecule has 0 spiro atoms. The number of hydrogen-bond acceptors (Lipinski definition) is 1. The van der Waals surface area contributed by atoms with Gasteiger partial charge in [0.1, 0.15) is 0 Å². The fourth-order valence-electron chi connectivity index (χ4n) is 2.68. The molecule has 0 heterocycles. The molecule has 1 saturated carbocycles. The zero-order valence-corrected chi connectivity index (χ0v) is 7.89. The molecule has 2 atom stereocenters. The standard InChI is InChI=1S/C11H16O/c1-7-4-6-10(12)11-8(2)3-5-9(7)11/h7,9H,3-6H2,1-2H3/t7-,9-/m1/s1. The number of carbonyl (C=O) groups excluding carboxylic acids is 1. The molecule has 0 amide bonds. The number of carbonyl (C=O) groups is 1. The van der Waals surface area contributed by atoms with E-state index >= 15 is 0 Å². The molecule has 2 aliphatic carbocycles. The lowest BCUT2D eigenvalue weighted by Gasteiger charge is -2.27. The van der Waals surface area contributed by atoms with Gasteiger partial charge in [-0.25, -0.2) is 0 Å². The Morgan fingerprint density at radius 2 is 2.00 bits per heavy atom. The van der Waals surface area contributed by atoms with Gasteiger partial charge in [0.25, 0.3) is 0 Å². The van der Waals surface area contributed by atoms with E-state index in [0.717, 1.165) is 25.2 Å². The van der Waals surface area contributed by atoms with E-state index < -0.39 is 0 Å². The molecule has 2 aliphatic rings. The van der Waals surface area contributed by atoms with Crippen molar-refractivity contribution in [1.29, 1.82) is 0 Å². The Hall–Kier alpha value is -0.590. The van der Waals surface area contributed by atoms with E-state index in [1.54, 1.807) is 0 Å². The fraction of sp³-hybridized carbons (Fsp3) is 0.727. The maximum atomic E-state index is 11.6. The average molecular weight is 164 g/mol. The highest BCUT2D eigenvalue weighted by atomic mass is 16.1. The predicted octanol–water partition coefficient (Wildman–Crippen LogP) is 2.71. The van der Waals surface area contributed by atoms with Crippen molar-refractivity contribution in [3.05, 3.63) is 11.1 Å². The molecule has 0 aromatic carbocycles. The number of allylic oxidation sites excluding steroid dienone is 2. The van der Waals surface area contributed by atoms with Crippen LogP contribution in [0.4, 0.5) is 0 Å². The normalized spacial score (nSPS) is 35.7. The molecule has 2 rings (SSSR count). The van der Waals surface area contributed by atoms with Gasteiger partial charge in [0.15, 0.2) is 5.78 Å². The van der Waals surface area contributed by atoms with Gasteiger partial charge in [-0.3, -0.25) is 4.79 Å². The van der Waals surface area contributed by atoms with Crippen LogP contribution in [-0.2, 0) is 4.79 Å². The molecule has 1 heteroatoms. The zero-order valence-electron chi connectivity index (χ0n) is 7.89. The van der Waals surface area contributed by atoms with E-state index in [1.165, 1.54) is 17.6 Å². The lowest BCUT2D eigenvalue weighted by molar-refractivity contribution is -0.117. The first kappa shape index (κ1) is 8.03. The Morgan fingerprint density at radius 1 is 1.25 bits per heavy atom. The van der Waals surface area contributed by atoms with E-state index in [0.29, 0.717) is 11.7 Å². The van der Waals surface area contributed by atoms with Gasteiger partial charge in [0.05, 0.1) is 0 Å². The van der Waals surface area contributed by atoms with Crippen molar-refractivity contribution >= 4 is 5.78 Å². The molecule has 66 valence electrons. The van der Waals surface area contributed by atoms with Crippen LogP contribution in [0.25, 0.3) is 0 Å². The summed E-state index contributed by atoms with van der Waals surface area (Å²) in [5.41, 5.74) is 2.57. The lowest BCUT2D eigenvalue weighted by atomic mass is 9.77. The van der Waals surface area contributed by atoms with Gasteiger partial charge in [0, 0.05) is 6.42 Å². The maximum absolute atomic E-state index is 11.6. The highest BCUT2D eigenvalue weighted by Crippen LogP contribution is 2.42. The summed E-state index contributed by atoms with van der Waals surface area (Å²) in [5.74, 6) is 1.80. The summed E-state index contributed by atoms with van der Waals surface area (Å²) in [7, 11) is 0. The molecular formula is C11H16O. The van der Waals surface area contributed by atoms with Gasteiger partial charge < -0.3 is 0 Å². The van der Waals surface area contributed by atoms with Crippen molar-refractivity contribution in [2.24, 2.45) is 11.8 Å². The molecule has 0 aliphatic heterocycles. The van der Waals surface area contributed by atoms with E-state index in [2.05, 4.69) is 13.8 Å². The molecule has 1 nitrogen and oxygen atoms in total. The van der Waals surface area contributed by atoms with Crippen molar-refractivity contribution < 1.29 is 4.79 Å². The van der Waals surface area contributed by atoms with Crippen molar-refractivity contribution in [1.82, 2.24) is 0 Å². The smallest absolute Gasteiger partial charge is 0.159 e. The summed E-state index contributed by atoms with van der Waals surface area (Å²) in [6.45, 7) is 4.42. The number of fused-ring (bicyclic) bond motifs is 1. The van der Waals surface area contributed by atoms with Crippen LogP contribution in [0.1, 0.15) is 39.5 Å². The highest BCUT2D eigenvalue weighted by Gasteiger charge is 2.35. The van der Waals surface area contributed by atoms with Gasteiger partial charge in [-0.2, -0.15) is 0 Å². The van der Waals surface area contributed by atoms with Gasteiger partial charge >= 0.3 is 0 Å². The van der Waals surface area contributed by atoms with Crippen LogP contribution in [0.15, 0.2) is 11.1 Å². The Kier molecular flexibility index (Phi) is 1.82. The van der Waals surface area contributed by atoms with Crippen LogP contribution < -0.4 is 0 Å². The monoisotopic (exact) mass is 164 g/mol. The summed E-state index contributed by atoms with van der Waals surface area (Å²) in [4.78, 5) is 11.6. The average Bonchev–Trinajstić information content (AvgIpc) is 2.42. The zero-order chi connectivity index (χ0) is 8.72. The predicted molar refractivity (Wildman–Crippen MR) is 48.8 cm³/mol. The third kappa shape index (κ3) is 1.03. The van der Waals surface area contributed by atoms with Crippen LogP contribution in [0.5, 0.6) is 0 Å². The maximum Gasteiger partial charge on any atom is 0.159 e. The summed E-state index contributed by atoms with van der Waals surface area (Å²) in [6.07, 6.45) is 4.30. The number of rotatable bonds is 0. The largest absolute Gasteiger partial charge is 0.295 e. The molecule has 0 unspecified atom stereocenters. The van der Waals surface area contributed by atoms with E-state index in [4.69, 9.17) is 0 Å². The Bertz CT molecular complexity index is 250. The molecule has 0 aromatic heterocycles. The number of Topliss-reactive ketones (excluding diaryl/α,β-unsaturated/α-hetero) is 1. The van der Waals surface area contributed by atoms with Crippen LogP contribution in [0.2, 0.25) is 0 Å². The lowest BCUT2D eigenvalue weighted by Crippen LogP contribution is -2.23. The summed E-state index contributed by atoms with van der Waals surface area (Å²) >= 11 is 0.